The predicted octanol–water partition coefficient (Wildman–Crippen LogP) is 3.01. The van der Waals surface area contributed by atoms with Gasteiger partial charge >= 0.3 is 5.97 Å². The lowest BCUT2D eigenvalue weighted by Crippen LogP contribution is -2.39. The Balaban J connectivity index is 1.99. The van der Waals surface area contributed by atoms with Crippen molar-refractivity contribution in [3.8, 4) is 0 Å². The first-order valence-electron chi connectivity index (χ1n) is 8.98. The maximum absolute atomic E-state index is 12.4. The molecule has 0 radical (unpaired) electrons. The Hall–Kier alpha value is -2.63. The zero-order valence-electron chi connectivity index (χ0n) is 15.9. The molecule has 6 heteroatoms. The van der Waals surface area contributed by atoms with Crippen molar-refractivity contribution in [2.75, 3.05) is 6.61 Å². The third kappa shape index (κ3) is 5.44. The van der Waals surface area contributed by atoms with E-state index >= 15 is 0 Å². The van der Waals surface area contributed by atoms with Gasteiger partial charge in [0, 0.05) is 11.3 Å². The summed E-state index contributed by atoms with van der Waals surface area (Å²) in [5.74, 6) is -0.703. The highest BCUT2D eigenvalue weighted by atomic mass is 16.5. The number of nitrogens with zero attached hydrogens (tertiary/aromatic N) is 2. The zero-order valence-corrected chi connectivity index (χ0v) is 15.9. The molecule has 26 heavy (non-hydrogen) atoms. The molecule has 0 fully saturated rings. The van der Waals surface area contributed by atoms with Crippen LogP contribution in [0, 0.1) is 13.8 Å². The topological polar surface area (TPSA) is 73.2 Å². The summed E-state index contributed by atoms with van der Waals surface area (Å²) < 4.78 is 7.04. The van der Waals surface area contributed by atoms with E-state index in [9.17, 15) is 9.59 Å². The van der Waals surface area contributed by atoms with Gasteiger partial charge in [-0.2, -0.15) is 5.10 Å². The van der Waals surface area contributed by atoms with Crippen LogP contribution in [0.15, 0.2) is 30.3 Å². The Bertz CT molecular complexity index is 767. The Morgan fingerprint density at radius 1 is 1.27 bits per heavy atom. The van der Waals surface area contributed by atoms with Crippen molar-refractivity contribution in [3.05, 3.63) is 52.8 Å². The van der Waals surface area contributed by atoms with Crippen molar-refractivity contribution >= 4 is 11.9 Å². The summed E-state index contributed by atoms with van der Waals surface area (Å²) in [4.78, 5) is 24.3. The molecule has 0 aliphatic heterocycles. The van der Waals surface area contributed by atoms with Crippen molar-refractivity contribution < 1.29 is 14.3 Å². The molecule has 0 spiro atoms. The number of hydrogen-bond donors (Lipinski definition) is 1. The molecule has 1 aromatic carbocycles. The SMILES string of the molecule is CCCCOC(=O)[C@H](C)NC(=O)c1cccc(Cn2nc(C)cc2C)c1. The average Bonchev–Trinajstić information content (AvgIpc) is 2.92. The van der Waals surface area contributed by atoms with Gasteiger partial charge in [-0.15, -0.1) is 0 Å². The summed E-state index contributed by atoms with van der Waals surface area (Å²) in [6.45, 7) is 8.59. The molecule has 0 saturated carbocycles. The molecule has 1 atom stereocenters. The van der Waals surface area contributed by atoms with Gasteiger partial charge in [0.2, 0.25) is 0 Å². The minimum atomic E-state index is -0.681. The van der Waals surface area contributed by atoms with Crippen molar-refractivity contribution in [1.29, 1.82) is 0 Å². The van der Waals surface area contributed by atoms with Crippen molar-refractivity contribution in [2.45, 2.75) is 53.1 Å². The minimum Gasteiger partial charge on any atom is -0.464 e. The van der Waals surface area contributed by atoms with Gasteiger partial charge in [0.15, 0.2) is 0 Å². The highest BCUT2D eigenvalue weighted by Crippen LogP contribution is 2.10. The number of aromatic nitrogens is 2. The Labute approximate surface area is 154 Å². The van der Waals surface area contributed by atoms with Crippen LogP contribution in [0.25, 0.3) is 0 Å². The Kier molecular flexibility index (Phi) is 6.95. The van der Waals surface area contributed by atoms with Crippen LogP contribution in [-0.2, 0) is 16.1 Å². The molecule has 2 rings (SSSR count). The summed E-state index contributed by atoms with van der Waals surface area (Å²) in [5, 5.41) is 7.14. The second-order valence-electron chi connectivity index (χ2n) is 6.50. The lowest BCUT2D eigenvalue weighted by molar-refractivity contribution is -0.145. The van der Waals surface area contributed by atoms with Gasteiger partial charge in [0.25, 0.3) is 5.91 Å². The molecule has 1 N–H and O–H groups in total. The number of amides is 1. The number of hydrogen-bond acceptors (Lipinski definition) is 4. The van der Waals surface area contributed by atoms with Crippen LogP contribution < -0.4 is 5.32 Å². The van der Waals surface area contributed by atoms with Crippen LogP contribution in [0.5, 0.6) is 0 Å². The van der Waals surface area contributed by atoms with Crippen LogP contribution in [0.3, 0.4) is 0 Å². The molecule has 6 nitrogen and oxygen atoms in total. The van der Waals surface area contributed by atoms with Crippen LogP contribution >= 0.6 is 0 Å². The van der Waals surface area contributed by atoms with Crippen molar-refractivity contribution in [1.82, 2.24) is 15.1 Å². The lowest BCUT2D eigenvalue weighted by atomic mass is 10.1. The molecular weight excluding hydrogens is 330 g/mol. The highest BCUT2D eigenvalue weighted by Gasteiger charge is 2.18. The molecule has 140 valence electrons. The first kappa shape index (κ1) is 19.7. The molecular formula is C20H27N3O3. The van der Waals surface area contributed by atoms with Crippen LogP contribution in [0.2, 0.25) is 0 Å². The molecule has 0 saturated heterocycles. The Morgan fingerprint density at radius 3 is 2.69 bits per heavy atom. The number of unbranched alkanes of at least 4 members (excludes halogenated alkanes) is 1. The standard InChI is InChI=1S/C20H27N3O3/c1-5-6-10-26-20(25)16(4)21-19(24)18-9-7-8-17(12-18)13-23-15(3)11-14(2)22-23/h7-9,11-12,16H,5-6,10,13H2,1-4H3,(H,21,24)/t16-/m0/s1. The van der Waals surface area contributed by atoms with Gasteiger partial charge in [0.05, 0.1) is 18.8 Å². The predicted molar refractivity (Wildman–Crippen MR) is 100 cm³/mol. The molecule has 0 bridgehead atoms. The number of carbonyl (C=O) groups is 2. The van der Waals surface area contributed by atoms with Gasteiger partial charge in [-0.3, -0.25) is 9.48 Å². The highest BCUT2D eigenvalue weighted by molar-refractivity contribution is 5.96. The third-order valence-corrected chi connectivity index (χ3v) is 4.07. The van der Waals surface area contributed by atoms with E-state index in [-0.39, 0.29) is 5.91 Å². The van der Waals surface area contributed by atoms with Gasteiger partial charge in [0.1, 0.15) is 6.04 Å². The van der Waals surface area contributed by atoms with E-state index in [0.29, 0.717) is 18.7 Å². The summed E-state index contributed by atoms with van der Waals surface area (Å²) >= 11 is 0. The van der Waals surface area contributed by atoms with E-state index in [1.165, 1.54) is 0 Å². The number of ether oxygens (including phenoxy) is 1. The molecule has 1 amide bonds. The normalized spacial score (nSPS) is 11.8. The fraction of sp³-hybridized carbons (Fsp3) is 0.450. The summed E-state index contributed by atoms with van der Waals surface area (Å²) in [5.41, 5.74) is 3.52. The minimum absolute atomic E-state index is 0.292. The third-order valence-electron chi connectivity index (χ3n) is 4.07. The average molecular weight is 357 g/mol. The fourth-order valence-electron chi connectivity index (χ4n) is 2.60. The smallest absolute Gasteiger partial charge is 0.328 e. The molecule has 0 aliphatic carbocycles. The van der Waals surface area contributed by atoms with E-state index in [1.807, 2.05) is 49.7 Å². The van der Waals surface area contributed by atoms with Crippen LogP contribution in [-0.4, -0.2) is 34.3 Å². The zero-order chi connectivity index (χ0) is 19.1. The first-order valence-corrected chi connectivity index (χ1v) is 8.98. The van der Waals surface area contributed by atoms with Crippen molar-refractivity contribution in [2.24, 2.45) is 0 Å². The van der Waals surface area contributed by atoms with E-state index < -0.39 is 12.0 Å². The second kappa shape index (κ2) is 9.17. The quantitative estimate of drug-likeness (QED) is 0.582. The second-order valence-corrected chi connectivity index (χ2v) is 6.50. The maximum atomic E-state index is 12.4. The number of carbonyl (C=O) groups excluding carboxylic acids is 2. The van der Waals surface area contributed by atoms with Gasteiger partial charge < -0.3 is 10.1 Å². The van der Waals surface area contributed by atoms with Crippen LogP contribution in [0.1, 0.15) is 54.0 Å². The summed E-state index contributed by atoms with van der Waals surface area (Å²) in [6, 6.07) is 8.67. The molecule has 2 aromatic rings. The molecule has 1 heterocycles. The van der Waals surface area contributed by atoms with E-state index in [1.54, 1.807) is 13.0 Å². The van der Waals surface area contributed by atoms with E-state index in [2.05, 4.69) is 10.4 Å². The number of aryl methyl sites for hydroxylation is 2. The molecule has 1 aromatic heterocycles. The largest absolute Gasteiger partial charge is 0.464 e. The van der Waals surface area contributed by atoms with Gasteiger partial charge in [-0.25, -0.2) is 4.79 Å². The Morgan fingerprint density at radius 2 is 2.04 bits per heavy atom. The van der Waals surface area contributed by atoms with Gasteiger partial charge in [-0.1, -0.05) is 25.5 Å². The number of nitrogens with one attached hydrogen (secondary N) is 1. The van der Waals surface area contributed by atoms with Crippen LogP contribution in [0.4, 0.5) is 0 Å². The fourth-order valence-corrected chi connectivity index (χ4v) is 2.60. The van der Waals surface area contributed by atoms with Gasteiger partial charge in [-0.05, 0) is 51.0 Å². The van der Waals surface area contributed by atoms with E-state index in [0.717, 1.165) is 29.8 Å². The molecule has 0 unspecified atom stereocenters. The molecule has 0 aliphatic rings. The first-order chi connectivity index (χ1) is 12.4. The number of rotatable bonds is 8. The van der Waals surface area contributed by atoms with Crippen molar-refractivity contribution in [3.63, 3.8) is 0 Å². The number of esters is 1. The summed E-state index contributed by atoms with van der Waals surface area (Å²) in [7, 11) is 0. The summed E-state index contributed by atoms with van der Waals surface area (Å²) in [6.07, 6.45) is 1.77. The lowest BCUT2D eigenvalue weighted by Gasteiger charge is -2.14. The number of benzene rings is 1. The monoisotopic (exact) mass is 357 g/mol. The van der Waals surface area contributed by atoms with E-state index in [4.69, 9.17) is 4.74 Å². The maximum Gasteiger partial charge on any atom is 0.328 e.